The lowest BCUT2D eigenvalue weighted by molar-refractivity contribution is 0.384. The van der Waals surface area contributed by atoms with Gasteiger partial charge in [0.2, 0.25) is 5.82 Å². The summed E-state index contributed by atoms with van der Waals surface area (Å²) in [7, 11) is 0. The molecule has 0 atom stereocenters. The number of hydrogen-bond acceptors (Lipinski definition) is 1. The number of benzene rings is 1. The van der Waals surface area contributed by atoms with Gasteiger partial charge in [0.15, 0.2) is 17.4 Å². The highest BCUT2D eigenvalue weighted by atomic mass is 19.2. The minimum absolute atomic E-state index is 0.124. The maximum absolute atomic E-state index is 12.4. The van der Waals surface area contributed by atoms with Crippen molar-refractivity contribution in [1.29, 1.82) is 0 Å². The minimum Gasteiger partial charge on any atom is -0.505 e. The zero-order chi connectivity index (χ0) is 8.59. The van der Waals surface area contributed by atoms with Gasteiger partial charge >= 0.3 is 0 Å². The van der Waals surface area contributed by atoms with E-state index in [-0.39, 0.29) is 5.56 Å². The molecule has 0 amide bonds. The number of phenolic OH excluding ortho intramolecular Hbond substituents is 1. The normalized spacial score (nSPS) is 10.2. The molecular formula is C7H5F3O. The second kappa shape index (κ2) is 2.45. The summed E-state index contributed by atoms with van der Waals surface area (Å²) in [4.78, 5) is 0. The second-order valence-electron chi connectivity index (χ2n) is 2.15. The molecule has 0 aliphatic carbocycles. The molecule has 1 N–H and O–H groups in total. The van der Waals surface area contributed by atoms with Crippen LogP contribution in [0.15, 0.2) is 6.07 Å². The van der Waals surface area contributed by atoms with Gasteiger partial charge < -0.3 is 5.11 Å². The molecule has 0 heterocycles. The van der Waals surface area contributed by atoms with Crippen molar-refractivity contribution >= 4 is 0 Å². The molecule has 0 saturated heterocycles. The highest BCUT2D eigenvalue weighted by molar-refractivity contribution is 5.30. The predicted molar refractivity (Wildman–Crippen MR) is 32.7 cm³/mol. The Morgan fingerprint density at radius 3 is 2.18 bits per heavy atom. The van der Waals surface area contributed by atoms with Crippen LogP contribution in [0.3, 0.4) is 0 Å². The number of aromatic hydroxyl groups is 1. The smallest absolute Gasteiger partial charge is 0.203 e. The van der Waals surface area contributed by atoms with Crippen molar-refractivity contribution in [1.82, 2.24) is 0 Å². The molecule has 0 fully saturated rings. The third-order valence-corrected chi connectivity index (χ3v) is 1.31. The summed E-state index contributed by atoms with van der Waals surface area (Å²) in [5.41, 5.74) is -0.124. The Kier molecular flexibility index (Phi) is 1.76. The van der Waals surface area contributed by atoms with Crippen LogP contribution in [0.1, 0.15) is 5.56 Å². The van der Waals surface area contributed by atoms with E-state index in [2.05, 4.69) is 0 Å². The first kappa shape index (κ1) is 7.91. The third kappa shape index (κ3) is 1.15. The van der Waals surface area contributed by atoms with Crippen molar-refractivity contribution in [3.8, 4) is 5.75 Å². The molecule has 0 aromatic heterocycles. The Morgan fingerprint density at radius 2 is 1.64 bits per heavy atom. The Hall–Kier alpha value is -1.19. The lowest BCUT2D eigenvalue weighted by Crippen LogP contribution is -1.93. The van der Waals surface area contributed by atoms with Gasteiger partial charge in [0.25, 0.3) is 0 Å². The lowest BCUT2D eigenvalue weighted by Gasteiger charge is -2.00. The van der Waals surface area contributed by atoms with Gasteiger partial charge in [-0.25, -0.2) is 8.78 Å². The number of phenols is 1. The molecule has 0 unspecified atom stereocenters. The van der Waals surface area contributed by atoms with Crippen LogP contribution in [-0.2, 0) is 0 Å². The first-order chi connectivity index (χ1) is 5.04. The summed E-state index contributed by atoms with van der Waals surface area (Å²) < 4.78 is 37.1. The van der Waals surface area contributed by atoms with Crippen molar-refractivity contribution in [2.24, 2.45) is 0 Å². The Morgan fingerprint density at radius 1 is 1.09 bits per heavy atom. The van der Waals surface area contributed by atoms with Crippen LogP contribution in [0.2, 0.25) is 0 Å². The number of halogens is 3. The molecular weight excluding hydrogens is 157 g/mol. The fourth-order valence-corrected chi connectivity index (χ4v) is 0.714. The summed E-state index contributed by atoms with van der Waals surface area (Å²) in [6.45, 7) is 1.23. The standard InChI is InChI=1S/C7H5F3O/c1-3-2-4(11)6(9)7(10)5(3)8/h2,11H,1H3. The second-order valence-corrected chi connectivity index (χ2v) is 2.15. The minimum atomic E-state index is -1.64. The van der Waals surface area contributed by atoms with Gasteiger partial charge in [-0.1, -0.05) is 0 Å². The Labute approximate surface area is 61.1 Å². The van der Waals surface area contributed by atoms with Crippen LogP contribution >= 0.6 is 0 Å². The number of rotatable bonds is 0. The van der Waals surface area contributed by atoms with Crippen molar-refractivity contribution in [3.63, 3.8) is 0 Å². The maximum Gasteiger partial charge on any atom is 0.203 e. The van der Waals surface area contributed by atoms with E-state index in [1.54, 1.807) is 0 Å². The molecule has 0 spiro atoms. The SMILES string of the molecule is Cc1cc(O)c(F)c(F)c1F. The van der Waals surface area contributed by atoms with E-state index in [4.69, 9.17) is 5.11 Å². The highest BCUT2D eigenvalue weighted by Crippen LogP contribution is 2.23. The van der Waals surface area contributed by atoms with Crippen LogP contribution in [0.5, 0.6) is 5.75 Å². The van der Waals surface area contributed by atoms with Gasteiger partial charge in [-0.05, 0) is 18.6 Å². The van der Waals surface area contributed by atoms with Gasteiger partial charge in [0.1, 0.15) is 0 Å². The number of hydrogen-bond donors (Lipinski definition) is 1. The van der Waals surface area contributed by atoms with E-state index < -0.39 is 23.2 Å². The average molecular weight is 162 g/mol. The summed E-state index contributed by atoms with van der Waals surface area (Å²) in [6, 6.07) is 0.827. The Balaban J connectivity index is 3.46. The van der Waals surface area contributed by atoms with Crippen molar-refractivity contribution in [3.05, 3.63) is 29.1 Å². The summed E-state index contributed by atoms with van der Waals surface area (Å²) in [5, 5.41) is 8.62. The lowest BCUT2D eigenvalue weighted by atomic mass is 10.2. The number of aryl methyl sites for hydroxylation is 1. The summed E-state index contributed by atoms with van der Waals surface area (Å²) in [5.74, 6) is -5.32. The van der Waals surface area contributed by atoms with Crippen LogP contribution in [0.4, 0.5) is 13.2 Å². The zero-order valence-electron chi connectivity index (χ0n) is 5.66. The predicted octanol–water partition coefficient (Wildman–Crippen LogP) is 2.12. The van der Waals surface area contributed by atoms with E-state index in [1.165, 1.54) is 6.92 Å². The first-order valence-corrected chi connectivity index (χ1v) is 2.87. The molecule has 0 saturated carbocycles. The first-order valence-electron chi connectivity index (χ1n) is 2.87. The van der Waals surface area contributed by atoms with Gasteiger partial charge in [-0.2, -0.15) is 4.39 Å². The van der Waals surface area contributed by atoms with Gasteiger partial charge in [-0.15, -0.1) is 0 Å². The van der Waals surface area contributed by atoms with Crippen LogP contribution in [-0.4, -0.2) is 5.11 Å². The average Bonchev–Trinajstić information content (AvgIpc) is 1.97. The molecule has 0 radical (unpaired) electrons. The maximum atomic E-state index is 12.4. The molecule has 0 aliphatic heterocycles. The van der Waals surface area contributed by atoms with E-state index in [0.717, 1.165) is 6.07 Å². The third-order valence-electron chi connectivity index (χ3n) is 1.31. The summed E-state index contributed by atoms with van der Waals surface area (Å²) in [6.07, 6.45) is 0. The van der Waals surface area contributed by atoms with E-state index in [0.29, 0.717) is 0 Å². The molecule has 60 valence electrons. The van der Waals surface area contributed by atoms with E-state index >= 15 is 0 Å². The van der Waals surface area contributed by atoms with Gasteiger partial charge in [-0.3, -0.25) is 0 Å². The Bertz CT molecular complexity index is 270. The highest BCUT2D eigenvalue weighted by Gasteiger charge is 2.15. The topological polar surface area (TPSA) is 20.2 Å². The van der Waals surface area contributed by atoms with Crippen LogP contribution < -0.4 is 0 Å². The largest absolute Gasteiger partial charge is 0.505 e. The van der Waals surface area contributed by atoms with E-state index in [1.807, 2.05) is 0 Å². The zero-order valence-corrected chi connectivity index (χ0v) is 5.66. The van der Waals surface area contributed by atoms with Crippen molar-refractivity contribution < 1.29 is 18.3 Å². The molecule has 4 heteroatoms. The van der Waals surface area contributed by atoms with Crippen LogP contribution in [0.25, 0.3) is 0 Å². The van der Waals surface area contributed by atoms with Gasteiger partial charge in [0, 0.05) is 0 Å². The monoisotopic (exact) mass is 162 g/mol. The molecule has 1 nitrogen and oxygen atoms in total. The fourth-order valence-electron chi connectivity index (χ4n) is 0.714. The fraction of sp³-hybridized carbons (Fsp3) is 0.143. The quantitative estimate of drug-likeness (QED) is 0.579. The molecule has 1 aromatic rings. The van der Waals surface area contributed by atoms with Gasteiger partial charge in [0.05, 0.1) is 0 Å². The van der Waals surface area contributed by atoms with Crippen LogP contribution in [0, 0.1) is 24.4 Å². The molecule has 0 aliphatic rings. The molecule has 11 heavy (non-hydrogen) atoms. The summed E-state index contributed by atoms with van der Waals surface area (Å²) >= 11 is 0. The van der Waals surface area contributed by atoms with E-state index in [9.17, 15) is 13.2 Å². The van der Waals surface area contributed by atoms with Crippen molar-refractivity contribution in [2.45, 2.75) is 6.92 Å². The molecule has 1 aromatic carbocycles. The molecule has 1 rings (SSSR count). The van der Waals surface area contributed by atoms with Crippen molar-refractivity contribution in [2.75, 3.05) is 0 Å². The molecule has 0 bridgehead atoms.